The minimum absolute atomic E-state index is 0.134. The van der Waals surface area contributed by atoms with Crippen molar-refractivity contribution in [3.63, 3.8) is 0 Å². The Kier molecular flexibility index (Phi) is 3.54. The molecule has 0 spiro atoms. The fourth-order valence-electron chi connectivity index (χ4n) is 3.63. The molecule has 1 fully saturated rings. The third kappa shape index (κ3) is 2.53. The number of likely N-dealkylation sites (tertiary alicyclic amines) is 1. The van der Waals surface area contributed by atoms with Crippen molar-refractivity contribution in [3.8, 4) is 0 Å². The van der Waals surface area contributed by atoms with Gasteiger partial charge >= 0.3 is 12.1 Å². The van der Waals surface area contributed by atoms with Crippen LogP contribution in [0.5, 0.6) is 0 Å². The summed E-state index contributed by atoms with van der Waals surface area (Å²) in [4.78, 5) is 26.1. The number of carbonyl (C=O) groups is 2. The van der Waals surface area contributed by atoms with Crippen LogP contribution in [0.25, 0.3) is 0 Å². The number of nitrogens with zero attached hydrogens (tertiary/aromatic N) is 1. The first-order valence-corrected chi connectivity index (χ1v) is 7.93. The lowest BCUT2D eigenvalue weighted by molar-refractivity contribution is -0.151. The molecule has 0 aromatic heterocycles. The monoisotopic (exact) mass is 305 g/mol. The summed E-state index contributed by atoms with van der Waals surface area (Å²) in [6, 6.07) is -0.134. The third-order valence-electron chi connectivity index (χ3n) is 4.44. The standard InChI is InChI=1S/C17H23NO4/c1-16(2,3)22-15(20)18-10-6-8-13(18)17-9-5-4-7-12(17)11-14(19)21-17/h4,7,11,13H,5-6,8-10H2,1-3H3/t13-,17-/m1/s1. The largest absolute Gasteiger partial charge is 0.449 e. The maximum atomic E-state index is 12.5. The number of esters is 1. The molecule has 1 amide bonds. The van der Waals surface area contributed by atoms with Gasteiger partial charge in [0.2, 0.25) is 0 Å². The molecule has 5 nitrogen and oxygen atoms in total. The van der Waals surface area contributed by atoms with Crippen LogP contribution in [0.3, 0.4) is 0 Å². The summed E-state index contributed by atoms with van der Waals surface area (Å²) in [6.07, 6.45) is 8.56. The lowest BCUT2D eigenvalue weighted by Crippen LogP contribution is -2.54. The molecule has 0 saturated carbocycles. The lowest BCUT2D eigenvalue weighted by atomic mass is 9.78. The molecule has 2 heterocycles. The molecule has 3 rings (SSSR count). The summed E-state index contributed by atoms with van der Waals surface area (Å²) >= 11 is 0. The second-order valence-corrected chi connectivity index (χ2v) is 7.18. The Balaban J connectivity index is 1.87. The van der Waals surface area contributed by atoms with Crippen LogP contribution in [0.15, 0.2) is 23.8 Å². The van der Waals surface area contributed by atoms with Gasteiger partial charge in [0.15, 0.2) is 5.60 Å². The van der Waals surface area contributed by atoms with Crippen molar-refractivity contribution in [1.29, 1.82) is 0 Å². The Morgan fingerprint density at radius 1 is 1.45 bits per heavy atom. The van der Waals surface area contributed by atoms with Crippen molar-refractivity contribution in [2.75, 3.05) is 6.54 Å². The lowest BCUT2D eigenvalue weighted by Gasteiger charge is -2.41. The number of fused-ring (bicyclic) bond motifs is 1. The maximum Gasteiger partial charge on any atom is 0.410 e. The van der Waals surface area contributed by atoms with Crippen molar-refractivity contribution >= 4 is 12.1 Å². The topological polar surface area (TPSA) is 55.8 Å². The van der Waals surface area contributed by atoms with Crippen LogP contribution in [0.2, 0.25) is 0 Å². The van der Waals surface area contributed by atoms with Crippen LogP contribution < -0.4 is 0 Å². The van der Waals surface area contributed by atoms with Crippen LogP contribution in [0.4, 0.5) is 4.79 Å². The predicted octanol–water partition coefficient (Wildman–Crippen LogP) is 2.96. The van der Waals surface area contributed by atoms with Crippen molar-refractivity contribution in [1.82, 2.24) is 4.90 Å². The summed E-state index contributed by atoms with van der Waals surface area (Å²) in [5.41, 5.74) is -0.317. The van der Waals surface area contributed by atoms with Gasteiger partial charge in [-0.3, -0.25) is 0 Å². The predicted molar refractivity (Wildman–Crippen MR) is 81.2 cm³/mol. The van der Waals surface area contributed by atoms with Gasteiger partial charge in [0.25, 0.3) is 0 Å². The molecule has 1 saturated heterocycles. The summed E-state index contributed by atoms with van der Waals surface area (Å²) in [5.74, 6) is -0.308. The van der Waals surface area contributed by atoms with E-state index in [9.17, 15) is 9.59 Å². The quantitative estimate of drug-likeness (QED) is 0.699. The molecular weight excluding hydrogens is 282 g/mol. The minimum Gasteiger partial charge on any atom is -0.449 e. The normalized spacial score (nSPS) is 30.9. The number of hydrogen-bond acceptors (Lipinski definition) is 4. The summed E-state index contributed by atoms with van der Waals surface area (Å²) in [7, 11) is 0. The van der Waals surface area contributed by atoms with Gasteiger partial charge in [0.1, 0.15) is 5.60 Å². The van der Waals surface area contributed by atoms with Gasteiger partial charge in [-0.25, -0.2) is 9.59 Å². The summed E-state index contributed by atoms with van der Waals surface area (Å²) in [6.45, 7) is 6.23. The van der Waals surface area contributed by atoms with E-state index in [1.54, 1.807) is 11.0 Å². The fraction of sp³-hybridized carbons (Fsp3) is 0.647. The molecule has 0 aromatic carbocycles. The van der Waals surface area contributed by atoms with Crippen molar-refractivity contribution in [2.45, 2.75) is 63.7 Å². The summed E-state index contributed by atoms with van der Waals surface area (Å²) in [5, 5.41) is 0. The fourth-order valence-corrected chi connectivity index (χ4v) is 3.63. The zero-order valence-corrected chi connectivity index (χ0v) is 13.4. The van der Waals surface area contributed by atoms with E-state index in [0.717, 1.165) is 31.3 Å². The number of carbonyl (C=O) groups excluding carboxylic acids is 2. The van der Waals surface area contributed by atoms with Gasteiger partial charge in [-0.1, -0.05) is 12.2 Å². The first-order chi connectivity index (χ1) is 10.3. The Bertz CT molecular complexity index is 557. The maximum absolute atomic E-state index is 12.5. The van der Waals surface area contributed by atoms with Crippen LogP contribution >= 0.6 is 0 Å². The number of rotatable bonds is 1. The molecule has 0 radical (unpaired) electrons. The highest BCUT2D eigenvalue weighted by Crippen LogP contribution is 2.45. The van der Waals surface area contributed by atoms with E-state index in [-0.39, 0.29) is 18.1 Å². The van der Waals surface area contributed by atoms with Gasteiger partial charge in [-0.15, -0.1) is 0 Å². The number of allylic oxidation sites excluding steroid dienone is 1. The first kappa shape index (κ1) is 15.1. The van der Waals surface area contributed by atoms with Gasteiger partial charge in [0, 0.05) is 18.2 Å². The molecule has 3 aliphatic rings. The Hall–Kier alpha value is -1.78. The minimum atomic E-state index is -0.681. The van der Waals surface area contributed by atoms with Crippen LogP contribution in [0, 0.1) is 0 Å². The Labute approximate surface area is 130 Å². The van der Waals surface area contributed by atoms with E-state index in [2.05, 4.69) is 6.08 Å². The molecule has 0 bridgehead atoms. The van der Waals surface area contributed by atoms with Gasteiger partial charge < -0.3 is 14.4 Å². The molecule has 2 atom stereocenters. The summed E-state index contributed by atoms with van der Waals surface area (Å²) < 4.78 is 11.2. The molecule has 0 N–H and O–H groups in total. The van der Waals surface area contributed by atoms with E-state index in [4.69, 9.17) is 9.47 Å². The molecule has 0 aromatic rings. The van der Waals surface area contributed by atoms with Crippen molar-refractivity contribution in [3.05, 3.63) is 23.8 Å². The third-order valence-corrected chi connectivity index (χ3v) is 4.44. The molecule has 5 heteroatoms. The second-order valence-electron chi connectivity index (χ2n) is 7.18. The molecular formula is C17H23NO4. The van der Waals surface area contributed by atoms with Crippen LogP contribution in [0.1, 0.15) is 46.5 Å². The van der Waals surface area contributed by atoms with E-state index in [1.165, 1.54) is 0 Å². The Morgan fingerprint density at radius 3 is 2.95 bits per heavy atom. The van der Waals surface area contributed by atoms with Gasteiger partial charge in [-0.2, -0.15) is 0 Å². The molecule has 22 heavy (non-hydrogen) atoms. The highest BCUT2D eigenvalue weighted by Gasteiger charge is 2.54. The van der Waals surface area contributed by atoms with Gasteiger partial charge in [-0.05, 0) is 46.5 Å². The highest BCUT2D eigenvalue weighted by molar-refractivity contribution is 5.88. The average Bonchev–Trinajstić information content (AvgIpc) is 2.99. The van der Waals surface area contributed by atoms with Gasteiger partial charge in [0.05, 0.1) is 6.04 Å². The van der Waals surface area contributed by atoms with E-state index < -0.39 is 11.2 Å². The zero-order valence-electron chi connectivity index (χ0n) is 13.4. The first-order valence-electron chi connectivity index (χ1n) is 7.93. The van der Waals surface area contributed by atoms with E-state index >= 15 is 0 Å². The highest BCUT2D eigenvalue weighted by atomic mass is 16.6. The number of hydrogen-bond donors (Lipinski definition) is 0. The smallest absolute Gasteiger partial charge is 0.410 e. The van der Waals surface area contributed by atoms with E-state index in [1.807, 2.05) is 26.8 Å². The Morgan fingerprint density at radius 2 is 2.23 bits per heavy atom. The molecule has 0 unspecified atom stereocenters. The zero-order chi connectivity index (χ0) is 16.0. The van der Waals surface area contributed by atoms with Crippen molar-refractivity contribution < 1.29 is 19.1 Å². The number of ether oxygens (including phenoxy) is 2. The molecule has 1 aliphatic carbocycles. The van der Waals surface area contributed by atoms with Crippen LogP contribution in [-0.2, 0) is 14.3 Å². The number of amides is 1. The van der Waals surface area contributed by atoms with Crippen molar-refractivity contribution in [2.24, 2.45) is 0 Å². The molecule has 120 valence electrons. The SMILES string of the molecule is CC(C)(C)OC(=O)N1CCC[C@@H]1[C@@]12CCC=CC1=CC(=O)O2. The average molecular weight is 305 g/mol. The molecule has 2 aliphatic heterocycles. The van der Waals surface area contributed by atoms with Crippen LogP contribution in [-0.4, -0.2) is 40.8 Å². The second kappa shape index (κ2) is 5.14. The van der Waals surface area contributed by atoms with E-state index in [0.29, 0.717) is 6.54 Å².